The highest BCUT2D eigenvalue weighted by molar-refractivity contribution is 7.19. The third kappa shape index (κ3) is 8.12. The first-order valence-electron chi connectivity index (χ1n) is 13.7. The summed E-state index contributed by atoms with van der Waals surface area (Å²) < 4.78 is 88.9. The van der Waals surface area contributed by atoms with E-state index >= 15 is 0 Å². The van der Waals surface area contributed by atoms with Gasteiger partial charge in [0.1, 0.15) is 33.4 Å². The largest absolute Gasteiger partial charge is 0.471 e. The number of aromatic nitrogens is 3. The molecule has 1 aliphatic carbocycles. The minimum absolute atomic E-state index is 0.111. The van der Waals surface area contributed by atoms with Crippen LogP contribution in [0.1, 0.15) is 68.6 Å². The fourth-order valence-electron chi connectivity index (χ4n) is 4.93. The van der Waals surface area contributed by atoms with Gasteiger partial charge in [-0.3, -0.25) is 19.6 Å². The van der Waals surface area contributed by atoms with E-state index < -0.39 is 70.7 Å². The summed E-state index contributed by atoms with van der Waals surface area (Å²) in [5.74, 6) is -5.48. The minimum Gasteiger partial charge on any atom is -0.444 e. The van der Waals surface area contributed by atoms with Crippen LogP contribution < -0.4 is 16.0 Å². The molecule has 0 bridgehead atoms. The highest BCUT2D eigenvalue weighted by Gasteiger charge is 2.42. The number of nitrogens with zero attached hydrogens (tertiary/aromatic N) is 3. The Labute approximate surface area is 257 Å². The molecule has 244 valence electrons. The fourth-order valence-corrected chi connectivity index (χ4v) is 5.92. The molecular formula is C28H30F6N6O4S. The standard InChI is InChI=1S/C28H30F6N6O4S/c1-27(2,3)44-26(43)39-24-20(38-23(45-24)19-15(30)6-5-7-16(19)31)22(41)36-18-12-35-40(4)21(18)13-8-10-14(29)17(11-9-13)37-25(42)28(32,33)34/h5-7,12-14,17H,8-11H2,1-4H3,(H,36,41)(H,37,42)(H,39,43)/t13?,14-,17+/m0/s1. The zero-order chi connectivity index (χ0) is 33.3. The summed E-state index contributed by atoms with van der Waals surface area (Å²) in [4.78, 5) is 41.6. The average molecular weight is 661 g/mol. The van der Waals surface area contributed by atoms with Crippen LogP contribution in [0, 0.1) is 11.6 Å². The number of carbonyl (C=O) groups is 3. The van der Waals surface area contributed by atoms with E-state index in [2.05, 4.69) is 20.7 Å². The lowest BCUT2D eigenvalue weighted by Gasteiger charge is -2.20. The van der Waals surface area contributed by atoms with Gasteiger partial charge < -0.3 is 15.4 Å². The summed E-state index contributed by atoms with van der Waals surface area (Å²) in [6, 6.07) is 1.82. The number of hydrogen-bond donors (Lipinski definition) is 3. The number of thiazole rings is 1. The Morgan fingerprint density at radius 2 is 1.67 bits per heavy atom. The lowest BCUT2D eigenvalue weighted by molar-refractivity contribution is -0.174. The molecule has 1 saturated carbocycles. The van der Waals surface area contributed by atoms with Crippen LogP contribution >= 0.6 is 11.3 Å². The molecule has 1 aromatic carbocycles. The Morgan fingerprint density at radius 1 is 1.02 bits per heavy atom. The van der Waals surface area contributed by atoms with E-state index in [9.17, 15) is 40.7 Å². The van der Waals surface area contributed by atoms with Gasteiger partial charge in [0.25, 0.3) is 5.91 Å². The van der Waals surface area contributed by atoms with Gasteiger partial charge in [0.05, 0.1) is 29.2 Å². The molecule has 0 aliphatic heterocycles. The molecule has 1 aliphatic rings. The van der Waals surface area contributed by atoms with Gasteiger partial charge in [-0.1, -0.05) is 17.4 Å². The summed E-state index contributed by atoms with van der Waals surface area (Å²) in [6.07, 6.45) is -6.49. The van der Waals surface area contributed by atoms with Crippen LogP contribution in [-0.4, -0.2) is 56.7 Å². The van der Waals surface area contributed by atoms with E-state index in [1.807, 2.05) is 0 Å². The number of nitrogens with one attached hydrogen (secondary N) is 3. The number of anilines is 2. The molecule has 0 radical (unpaired) electrons. The first-order valence-corrected chi connectivity index (χ1v) is 14.6. The molecule has 1 unspecified atom stereocenters. The average Bonchev–Trinajstić information content (AvgIpc) is 3.43. The number of carbonyl (C=O) groups excluding carboxylic acids is 3. The molecule has 45 heavy (non-hydrogen) atoms. The van der Waals surface area contributed by atoms with Crippen molar-refractivity contribution in [1.29, 1.82) is 0 Å². The quantitative estimate of drug-likeness (QED) is 0.206. The maximum Gasteiger partial charge on any atom is 0.471 e. The topological polar surface area (TPSA) is 127 Å². The van der Waals surface area contributed by atoms with Crippen molar-refractivity contribution in [3.05, 3.63) is 47.4 Å². The fraction of sp³-hybridized carbons (Fsp3) is 0.464. The van der Waals surface area contributed by atoms with Crippen LogP contribution in [0.2, 0.25) is 0 Å². The van der Waals surface area contributed by atoms with E-state index in [0.717, 1.165) is 18.2 Å². The minimum atomic E-state index is -5.16. The zero-order valence-corrected chi connectivity index (χ0v) is 25.3. The van der Waals surface area contributed by atoms with Gasteiger partial charge in [0.15, 0.2) is 5.69 Å². The van der Waals surface area contributed by atoms with Crippen molar-refractivity contribution in [2.24, 2.45) is 7.05 Å². The molecule has 0 saturated heterocycles. The maximum absolute atomic E-state index is 14.8. The van der Waals surface area contributed by atoms with Crippen LogP contribution in [0.5, 0.6) is 0 Å². The van der Waals surface area contributed by atoms with Crippen molar-refractivity contribution in [3.8, 4) is 10.6 Å². The number of benzene rings is 1. The van der Waals surface area contributed by atoms with Crippen molar-refractivity contribution >= 4 is 39.9 Å². The number of halogens is 6. The van der Waals surface area contributed by atoms with E-state index in [0.29, 0.717) is 17.0 Å². The van der Waals surface area contributed by atoms with Crippen LogP contribution in [0.15, 0.2) is 24.4 Å². The Morgan fingerprint density at radius 3 is 2.29 bits per heavy atom. The monoisotopic (exact) mass is 660 g/mol. The number of amides is 3. The summed E-state index contributed by atoms with van der Waals surface area (Å²) in [5.41, 5.74) is -1.22. The van der Waals surface area contributed by atoms with Gasteiger partial charge in [-0.15, -0.1) is 0 Å². The summed E-state index contributed by atoms with van der Waals surface area (Å²) in [5, 5.41) is 10.5. The molecule has 17 heteroatoms. The highest BCUT2D eigenvalue weighted by Crippen LogP contribution is 2.39. The number of aryl methyl sites for hydroxylation is 1. The van der Waals surface area contributed by atoms with Crippen molar-refractivity contribution in [2.45, 2.75) is 76.4 Å². The smallest absolute Gasteiger partial charge is 0.444 e. The van der Waals surface area contributed by atoms with Crippen LogP contribution in [0.25, 0.3) is 10.6 Å². The van der Waals surface area contributed by atoms with Gasteiger partial charge in [-0.25, -0.2) is 22.9 Å². The van der Waals surface area contributed by atoms with Gasteiger partial charge in [-0.2, -0.15) is 18.3 Å². The van der Waals surface area contributed by atoms with E-state index in [4.69, 9.17) is 4.74 Å². The summed E-state index contributed by atoms with van der Waals surface area (Å²) in [6.45, 7) is 4.84. The molecule has 2 aromatic heterocycles. The molecule has 3 aromatic rings. The Kier molecular flexibility index (Phi) is 9.80. The predicted octanol–water partition coefficient (Wildman–Crippen LogP) is 6.46. The van der Waals surface area contributed by atoms with Crippen LogP contribution in [0.4, 0.5) is 41.8 Å². The summed E-state index contributed by atoms with van der Waals surface area (Å²) >= 11 is 0.640. The van der Waals surface area contributed by atoms with Gasteiger partial charge in [-0.05, 0) is 58.6 Å². The molecule has 0 spiro atoms. The molecule has 2 heterocycles. The van der Waals surface area contributed by atoms with Gasteiger partial charge in [0, 0.05) is 13.0 Å². The molecule has 4 rings (SSSR count). The van der Waals surface area contributed by atoms with Gasteiger partial charge >= 0.3 is 18.2 Å². The first-order chi connectivity index (χ1) is 20.9. The van der Waals surface area contributed by atoms with Crippen molar-refractivity contribution < 1.29 is 45.5 Å². The van der Waals surface area contributed by atoms with E-state index in [1.165, 1.54) is 10.9 Å². The van der Waals surface area contributed by atoms with Gasteiger partial charge in [0.2, 0.25) is 0 Å². The summed E-state index contributed by atoms with van der Waals surface area (Å²) in [7, 11) is 1.56. The number of alkyl halides is 4. The molecule has 3 atom stereocenters. The lowest BCUT2D eigenvalue weighted by atomic mass is 9.95. The molecule has 10 nitrogen and oxygen atoms in total. The first kappa shape index (κ1) is 33.7. The number of ether oxygens (including phenoxy) is 1. The third-order valence-electron chi connectivity index (χ3n) is 6.88. The zero-order valence-electron chi connectivity index (χ0n) is 24.5. The van der Waals surface area contributed by atoms with Crippen LogP contribution in [-0.2, 0) is 16.6 Å². The molecule has 3 amide bonds. The maximum atomic E-state index is 14.8. The number of hydrogen-bond acceptors (Lipinski definition) is 7. The van der Waals surface area contributed by atoms with Crippen molar-refractivity contribution in [2.75, 3.05) is 10.6 Å². The Hall–Kier alpha value is -4.15. The highest BCUT2D eigenvalue weighted by atomic mass is 32.1. The van der Waals surface area contributed by atoms with Crippen molar-refractivity contribution in [3.63, 3.8) is 0 Å². The Balaban J connectivity index is 1.61. The van der Waals surface area contributed by atoms with Crippen LogP contribution in [0.3, 0.4) is 0 Å². The van der Waals surface area contributed by atoms with Crippen molar-refractivity contribution in [1.82, 2.24) is 20.1 Å². The number of rotatable bonds is 6. The van der Waals surface area contributed by atoms with E-state index in [1.54, 1.807) is 33.1 Å². The second-order valence-electron chi connectivity index (χ2n) is 11.4. The normalized spacial score (nSPS) is 19.0. The predicted molar refractivity (Wildman–Crippen MR) is 153 cm³/mol. The Bertz CT molecular complexity index is 1560. The van der Waals surface area contributed by atoms with E-state index in [-0.39, 0.29) is 41.4 Å². The molecular weight excluding hydrogens is 630 g/mol. The lowest BCUT2D eigenvalue weighted by Crippen LogP contribution is -2.46. The second kappa shape index (κ2) is 13.1. The molecule has 1 fully saturated rings. The SMILES string of the molecule is Cn1ncc(NC(=O)c2nc(-c3c(F)cccc3F)sc2NC(=O)OC(C)(C)C)c1C1CC[C@H](F)[C@H](NC(=O)C(F)(F)F)CC1. The second-order valence-corrected chi connectivity index (χ2v) is 12.4. The molecule has 3 N–H and O–H groups in total. The third-order valence-corrected chi connectivity index (χ3v) is 7.87.